The summed E-state index contributed by atoms with van der Waals surface area (Å²) in [6, 6.07) is 18.2. The van der Waals surface area contributed by atoms with E-state index in [1.165, 1.54) is 29.8 Å². The van der Waals surface area contributed by atoms with Crippen LogP contribution in [0.2, 0.25) is 0 Å². The number of fused-ring (bicyclic) bond motifs is 2. The minimum absolute atomic E-state index is 0.513. The molecule has 0 amide bonds. The molecule has 5 rings (SSSR count). The Balaban J connectivity index is 1.29. The number of nitrogens with one attached hydrogen (secondary N) is 1. The number of hydrogen-bond acceptors (Lipinski definition) is 4. The molecule has 4 nitrogen and oxygen atoms in total. The molecule has 1 radical (unpaired) electrons. The van der Waals surface area contributed by atoms with Gasteiger partial charge >= 0.3 is 0 Å². The van der Waals surface area contributed by atoms with Crippen LogP contribution in [0.25, 0.3) is 0 Å². The molecule has 0 aromatic heterocycles. The maximum Gasteiger partial charge on any atom is 0.139 e. The number of ether oxygens (including phenoxy) is 1. The minimum atomic E-state index is 0.513. The molecule has 0 saturated carbocycles. The first-order chi connectivity index (χ1) is 12.4. The third kappa shape index (κ3) is 2.65. The summed E-state index contributed by atoms with van der Waals surface area (Å²) in [5.41, 5.74) is 3.91. The molecule has 3 heterocycles. The average molecular weight is 334 g/mol. The minimum Gasteiger partial charge on any atom is -0.493 e. The van der Waals surface area contributed by atoms with Crippen LogP contribution in [0.4, 0.5) is 11.4 Å². The van der Waals surface area contributed by atoms with Gasteiger partial charge in [0.15, 0.2) is 0 Å². The third-order valence-corrected chi connectivity index (χ3v) is 5.80. The molecule has 1 fully saturated rings. The highest BCUT2D eigenvalue weighted by Gasteiger charge is 2.33. The average Bonchev–Trinajstić information content (AvgIpc) is 3.12. The lowest BCUT2D eigenvalue weighted by Crippen LogP contribution is -2.45. The first kappa shape index (κ1) is 15.1. The lowest BCUT2D eigenvalue weighted by molar-refractivity contribution is 0.112. The Bertz CT molecular complexity index is 754. The summed E-state index contributed by atoms with van der Waals surface area (Å²) in [6.07, 6.45) is 3.50. The molecule has 0 aliphatic carbocycles. The van der Waals surface area contributed by atoms with E-state index in [-0.39, 0.29) is 0 Å². The highest BCUT2D eigenvalue weighted by atomic mass is 16.5. The molecule has 25 heavy (non-hydrogen) atoms. The van der Waals surface area contributed by atoms with E-state index in [9.17, 15) is 0 Å². The van der Waals surface area contributed by atoms with Crippen LogP contribution < -0.4 is 15.0 Å². The lowest BCUT2D eigenvalue weighted by Gasteiger charge is -2.42. The first-order valence-electron chi connectivity index (χ1n) is 9.33. The smallest absolute Gasteiger partial charge is 0.139 e. The van der Waals surface area contributed by atoms with Crippen LogP contribution in [-0.2, 0) is 0 Å². The van der Waals surface area contributed by atoms with Crippen LogP contribution in [0, 0.1) is 6.67 Å². The Morgan fingerprint density at radius 1 is 0.920 bits per heavy atom. The number of hydrogen-bond donors (Lipinski definition) is 1. The fourth-order valence-electron chi connectivity index (χ4n) is 4.51. The van der Waals surface area contributed by atoms with E-state index >= 15 is 0 Å². The number of piperidine rings is 1. The summed E-state index contributed by atoms with van der Waals surface area (Å²) >= 11 is 0. The molecule has 2 aromatic rings. The second kappa shape index (κ2) is 6.26. The van der Waals surface area contributed by atoms with E-state index < -0.39 is 0 Å². The van der Waals surface area contributed by atoms with Gasteiger partial charge in [-0.15, -0.1) is 0 Å². The lowest BCUT2D eigenvalue weighted by atomic mass is 9.95. The van der Waals surface area contributed by atoms with Crippen LogP contribution in [0.1, 0.15) is 30.9 Å². The molecule has 1 unspecified atom stereocenters. The molecular formula is C21H24N3O. The Hall–Kier alpha value is -2.20. The zero-order valence-electron chi connectivity index (χ0n) is 14.4. The summed E-state index contributed by atoms with van der Waals surface area (Å²) in [7, 11) is 0. The SMILES string of the molecule is [CH]1Nc2ccccc2N1C1CCN(C2CCOc3ccccc32)CC1. The van der Waals surface area contributed by atoms with Crippen LogP contribution >= 0.6 is 0 Å². The van der Waals surface area contributed by atoms with Gasteiger partial charge in [-0.05, 0) is 31.0 Å². The molecule has 2 aromatic carbocycles. The van der Waals surface area contributed by atoms with Gasteiger partial charge in [0, 0.05) is 37.2 Å². The number of para-hydroxylation sites is 3. The first-order valence-corrected chi connectivity index (χ1v) is 9.33. The standard InChI is InChI=1S/C21H24N3O/c1-4-8-21-17(5-1)19(11-14-25-21)23-12-9-16(10-13-23)24-15-22-18-6-2-3-7-20(18)24/h1-8,15-16,19,22H,9-14H2. The Kier molecular flexibility index (Phi) is 3.78. The van der Waals surface area contributed by atoms with Crippen LogP contribution in [0.3, 0.4) is 0 Å². The largest absolute Gasteiger partial charge is 0.493 e. The zero-order valence-corrected chi connectivity index (χ0v) is 14.4. The van der Waals surface area contributed by atoms with E-state index in [4.69, 9.17) is 4.74 Å². The summed E-state index contributed by atoms with van der Waals surface area (Å²) in [5.74, 6) is 1.08. The predicted molar refractivity (Wildman–Crippen MR) is 101 cm³/mol. The molecular weight excluding hydrogens is 310 g/mol. The van der Waals surface area contributed by atoms with Crippen LogP contribution in [0.15, 0.2) is 48.5 Å². The zero-order chi connectivity index (χ0) is 16.6. The molecule has 1 N–H and O–H groups in total. The molecule has 0 spiro atoms. The number of nitrogens with zero attached hydrogens (tertiary/aromatic N) is 2. The maximum absolute atomic E-state index is 5.84. The predicted octanol–water partition coefficient (Wildman–Crippen LogP) is 4.03. The van der Waals surface area contributed by atoms with E-state index in [1.807, 2.05) is 0 Å². The second-order valence-electron chi connectivity index (χ2n) is 7.16. The van der Waals surface area contributed by atoms with Crippen molar-refractivity contribution in [3.63, 3.8) is 0 Å². The Labute approximate surface area is 149 Å². The molecule has 1 saturated heterocycles. The van der Waals surface area contributed by atoms with Gasteiger partial charge < -0.3 is 15.0 Å². The van der Waals surface area contributed by atoms with E-state index in [0.29, 0.717) is 12.1 Å². The van der Waals surface area contributed by atoms with Gasteiger partial charge in [0.05, 0.1) is 18.0 Å². The number of rotatable bonds is 2. The fraction of sp³-hybridized carbons (Fsp3) is 0.381. The topological polar surface area (TPSA) is 27.7 Å². The second-order valence-corrected chi connectivity index (χ2v) is 7.16. The molecule has 3 aliphatic rings. The molecule has 1 atom stereocenters. The van der Waals surface area contributed by atoms with Crippen molar-refractivity contribution in [3.05, 3.63) is 60.8 Å². The van der Waals surface area contributed by atoms with Gasteiger partial charge in [0.2, 0.25) is 0 Å². The van der Waals surface area contributed by atoms with Crippen molar-refractivity contribution in [2.75, 3.05) is 29.9 Å². The normalized spacial score (nSPS) is 23.5. The molecule has 3 aliphatic heterocycles. The van der Waals surface area contributed by atoms with Crippen molar-refractivity contribution in [1.29, 1.82) is 0 Å². The van der Waals surface area contributed by atoms with Crippen molar-refractivity contribution >= 4 is 11.4 Å². The quantitative estimate of drug-likeness (QED) is 0.897. The van der Waals surface area contributed by atoms with Crippen molar-refractivity contribution in [2.24, 2.45) is 0 Å². The van der Waals surface area contributed by atoms with E-state index in [0.717, 1.165) is 31.9 Å². The molecule has 129 valence electrons. The van der Waals surface area contributed by atoms with Crippen molar-refractivity contribution in [1.82, 2.24) is 4.90 Å². The van der Waals surface area contributed by atoms with Crippen LogP contribution in [-0.4, -0.2) is 30.6 Å². The fourth-order valence-corrected chi connectivity index (χ4v) is 4.51. The summed E-state index contributed by atoms with van der Waals surface area (Å²) in [5, 5.41) is 3.41. The number of benzene rings is 2. The van der Waals surface area contributed by atoms with Gasteiger partial charge in [-0.2, -0.15) is 0 Å². The Morgan fingerprint density at radius 2 is 1.72 bits per heavy atom. The molecule has 4 heteroatoms. The van der Waals surface area contributed by atoms with Gasteiger partial charge in [-0.25, -0.2) is 0 Å². The van der Waals surface area contributed by atoms with Crippen molar-refractivity contribution < 1.29 is 4.74 Å². The highest BCUT2D eigenvalue weighted by Crippen LogP contribution is 2.40. The van der Waals surface area contributed by atoms with Crippen LogP contribution in [0.5, 0.6) is 5.75 Å². The highest BCUT2D eigenvalue weighted by molar-refractivity contribution is 5.77. The van der Waals surface area contributed by atoms with E-state index in [2.05, 4.69) is 70.3 Å². The Morgan fingerprint density at radius 3 is 2.64 bits per heavy atom. The molecule has 0 bridgehead atoms. The summed E-state index contributed by atoms with van der Waals surface area (Å²) in [6.45, 7) is 5.28. The van der Waals surface area contributed by atoms with Gasteiger partial charge in [0.25, 0.3) is 0 Å². The summed E-state index contributed by atoms with van der Waals surface area (Å²) < 4.78 is 5.84. The monoisotopic (exact) mass is 334 g/mol. The van der Waals surface area contributed by atoms with Crippen molar-refractivity contribution in [2.45, 2.75) is 31.3 Å². The third-order valence-electron chi connectivity index (χ3n) is 5.80. The van der Waals surface area contributed by atoms with Gasteiger partial charge in [-0.3, -0.25) is 4.90 Å². The summed E-state index contributed by atoms with van der Waals surface area (Å²) in [4.78, 5) is 5.10. The number of likely N-dealkylation sites (tertiary alicyclic amines) is 1. The maximum atomic E-state index is 5.84. The van der Waals surface area contributed by atoms with Gasteiger partial charge in [-0.1, -0.05) is 30.3 Å². The van der Waals surface area contributed by atoms with Crippen molar-refractivity contribution in [3.8, 4) is 5.75 Å². The van der Waals surface area contributed by atoms with E-state index in [1.54, 1.807) is 0 Å². The number of anilines is 2. The van der Waals surface area contributed by atoms with Gasteiger partial charge in [0.1, 0.15) is 12.4 Å².